The number of carbonyl (C=O) groups is 1. The van der Waals surface area contributed by atoms with E-state index in [0.29, 0.717) is 22.9 Å². The maximum Gasteiger partial charge on any atom is 0.221 e. The lowest BCUT2D eigenvalue weighted by molar-refractivity contribution is -0.120. The first-order valence-corrected chi connectivity index (χ1v) is 9.93. The molecule has 0 aliphatic rings. The molecule has 0 unspecified atom stereocenters. The van der Waals surface area contributed by atoms with E-state index in [0.717, 1.165) is 5.56 Å². The van der Waals surface area contributed by atoms with Gasteiger partial charge in [-0.05, 0) is 23.8 Å². The number of amides is 1. The van der Waals surface area contributed by atoms with E-state index in [1.807, 2.05) is 18.2 Å². The maximum absolute atomic E-state index is 12.1. The summed E-state index contributed by atoms with van der Waals surface area (Å²) in [5, 5.41) is 3.27. The zero-order chi connectivity index (χ0) is 18.3. The molecule has 25 heavy (non-hydrogen) atoms. The van der Waals surface area contributed by atoms with Gasteiger partial charge in [0.1, 0.15) is 5.75 Å². The molecule has 5 nitrogen and oxygen atoms in total. The molecule has 0 bridgehead atoms. The second kappa shape index (κ2) is 8.87. The molecule has 1 amide bonds. The Morgan fingerprint density at radius 3 is 2.48 bits per heavy atom. The third-order valence-corrected chi connectivity index (χ3v) is 5.46. The SMILES string of the molecule is COc1ccccc1CNC(=O)CCS(=O)(=O)Cc1ccc(Cl)cc1. The molecule has 0 atom stereocenters. The third-order valence-electron chi connectivity index (χ3n) is 3.61. The lowest BCUT2D eigenvalue weighted by atomic mass is 10.2. The summed E-state index contributed by atoms with van der Waals surface area (Å²) in [7, 11) is -1.81. The molecule has 134 valence electrons. The van der Waals surface area contributed by atoms with Crippen molar-refractivity contribution in [2.45, 2.75) is 18.7 Å². The van der Waals surface area contributed by atoms with Crippen LogP contribution in [0.1, 0.15) is 17.5 Å². The van der Waals surface area contributed by atoms with Crippen LogP contribution in [0.2, 0.25) is 5.02 Å². The molecular formula is C18H20ClNO4S. The van der Waals surface area contributed by atoms with Gasteiger partial charge in [0.2, 0.25) is 5.91 Å². The minimum Gasteiger partial charge on any atom is -0.496 e. The molecule has 7 heteroatoms. The lowest BCUT2D eigenvalue weighted by Crippen LogP contribution is -2.25. The van der Waals surface area contributed by atoms with Gasteiger partial charge in [0, 0.05) is 23.6 Å². The van der Waals surface area contributed by atoms with Gasteiger partial charge < -0.3 is 10.1 Å². The number of sulfone groups is 1. The Labute approximate surface area is 152 Å². The number of halogens is 1. The predicted octanol–water partition coefficient (Wildman–Crippen LogP) is 2.97. The molecule has 0 aliphatic heterocycles. The maximum atomic E-state index is 12.1. The van der Waals surface area contributed by atoms with Crippen molar-refractivity contribution in [1.29, 1.82) is 0 Å². The first-order valence-electron chi connectivity index (χ1n) is 7.73. The highest BCUT2D eigenvalue weighted by Crippen LogP contribution is 2.17. The van der Waals surface area contributed by atoms with Gasteiger partial charge in [-0.3, -0.25) is 4.79 Å². The van der Waals surface area contributed by atoms with Gasteiger partial charge in [0.05, 0.1) is 18.6 Å². The number of para-hydroxylation sites is 1. The topological polar surface area (TPSA) is 72.5 Å². The van der Waals surface area contributed by atoms with E-state index in [2.05, 4.69) is 5.32 Å². The standard InChI is InChI=1S/C18H20ClNO4S/c1-24-17-5-3-2-4-15(17)12-20-18(21)10-11-25(22,23)13-14-6-8-16(19)9-7-14/h2-9H,10-13H2,1H3,(H,20,21). The molecule has 0 saturated heterocycles. The largest absolute Gasteiger partial charge is 0.496 e. The molecule has 1 N–H and O–H groups in total. The van der Waals surface area contributed by atoms with Crippen molar-refractivity contribution in [3.05, 3.63) is 64.7 Å². The van der Waals surface area contributed by atoms with Crippen molar-refractivity contribution in [2.24, 2.45) is 0 Å². The fraction of sp³-hybridized carbons (Fsp3) is 0.278. The number of benzene rings is 2. The number of ether oxygens (including phenoxy) is 1. The molecule has 0 aromatic heterocycles. The number of rotatable bonds is 8. The Morgan fingerprint density at radius 1 is 1.12 bits per heavy atom. The molecule has 0 fully saturated rings. The van der Waals surface area contributed by atoms with Crippen LogP contribution in [-0.4, -0.2) is 27.2 Å². The quantitative estimate of drug-likeness (QED) is 0.763. The van der Waals surface area contributed by atoms with E-state index < -0.39 is 9.84 Å². The summed E-state index contributed by atoms with van der Waals surface area (Å²) in [5.74, 6) is 0.0564. The van der Waals surface area contributed by atoms with Crippen molar-refractivity contribution in [3.8, 4) is 5.75 Å². The number of hydrogen-bond acceptors (Lipinski definition) is 4. The number of methoxy groups -OCH3 is 1. The van der Waals surface area contributed by atoms with E-state index >= 15 is 0 Å². The zero-order valence-electron chi connectivity index (χ0n) is 13.9. The Morgan fingerprint density at radius 2 is 1.80 bits per heavy atom. The number of hydrogen-bond donors (Lipinski definition) is 1. The van der Waals surface area contributed by atoms with E-state index in [9.17, 15) is 13.2 Å². The lowest BCUT2D eigenvalue weighted by Gasteiger charge is -2.10. The second-order valence-electron chi connectivity index (χ2n) is 5.56. The van der Waals surface area contributed by atoms with Gasteiger partial charge in [0.15, 0.2) is 9.84 Å². The van der Waals surface area contributed by atoms with Crippen molar-refractivity contribution >= 4 is 27.3 Å². The van der Waals surface area contributed by atoms with Crippen LogP contribution in [0, 0.1) is 0 Å². The van der Waals surface area contributed by atoms with E-state index in [1.165, 1.54) is 0 Å². The van der Waals surface area contributed by atoms with Crippen LogP contribution in [0.4, 0.5) is 0 Å². The molecule has 2 rings (SSSR count). The van der Waals surface area contributed by atoms with Gasteiger partial charge in [-0.1, -0.05) is 41.9 Å². The zero-order valence-corrected chi connectivity index (χ0v) is 15.4. The summed E-state index contributed by atoms with van der Waals surface area (Å²) < 4.78 is 29.5. The Bertz CT molecular complexity index is 819. The monoisotopic (exact) mass is 381 g/mol. The van der Waals surface area contributed by atoms with Crippen LogP contribution >= 0.6 is 11.6 Å². The summed E-state index contributed by atoms with van der Waals surface area (Å²) in [6.07, 6.45) is -0.0783. The summed E-state index contributed by atoms with van der Waals surface area (Å²) in [4.78, 5) is 11.9. The molecule has 0 saturated carbocycles. The normalized spacial score (nSPS) is 11.1. The van der Waals surface area contributed by atoms with Crippen molar-refractivity contribution in [2.75, 3.05) is 12.9 Å². The molecule has 0 radical (unpaired) electrons. The minimum absolute atomic E-state index is 0.0783. The van der Waals surface area contributed by atoms with E-state index in [4.69, 9.17) is 16.3 Å². The fourth-order valence-corrected chi connectivity index (χ4v) is 3.75. The number of nitrogens with one attached hydrogen (secondary N) is 1. The van der Waals surface area contributed by atoms with Crippen molar-refractivity contribution in [3.63, 3.8) is 0 Å². The van der Waals surface area contributed by atoms with Gasteiger partial charge in [-0.15, -0.1) is 0 Å². The Balaban J connectivity index is 1.83. The van der Waals surface area contributed by atoms with Crippen LogP contribution in [0.3, 0.4) is 0 Å². The van der Waals surface area contributed by atoms with Crippen LogP contribution in [0.15, 0.2) is 48.5 Å². The predicted molar refractivity (Wildman–Crippen MR) is 98.4 cm³/mol. The van der Waals surface area contributed by atoms with Crippen molar-refractivity contribution in [1.82, 2.24) is 5.32 Å². The summed E-state index contributed by atoms with van der Waals surface area (Å²) in [5.41, 5.74) is 1.49. The van der Waals surface area contributed by atoms with E-state index in [1.54, 1.807) is 37.4 Å². The summed E-state index contributed by atoms with van der Waals surface area (Å²) in [6.45, 7) is 0.292. The smallest absolute Gasteiger partial charge is 0.221 e. The average molecular weight is 382 g/mol. The highest BCUT2D eigenvalue weighted by Gasteiger charge is 2.15. The molecular weight excluding hydrogens is 362 g/mol. The van der Waals surface area contributed by atoms with Gasteiger partial charge in [-0.2, -0.15) is 0 Å². The van der Waals surface area contributed by atoms with E-state index in [-0.39, 0.29) is 23.8 Å². The van der Waals surface area contributed by atoms with Crippen molar-refractivity contribution < 1.29 is 17.9 Å². The van der Waals surface area contributed by atoms with Crippen LogP contribution in [0.5, 0.6) is 5.75 Å². The van der Waals surface area contributed by atoms with Gasteiger partial charge in [0.25, 0.3) is 0 Å². The highest BCUT2D eigenvalue weighted by atomic mass is 35.5. The third kappa shape index (κ3) is 6.40. The van der Waals surface area contributed by atoms with Gasteiger partial charge >= 0.3 is 0 Å². The fourth-order valence-electron chi connectivity index (χ4n) is 2.29. The molecule has 0 aliphatic carbocycles. The summed E-state index contributed by atoms with van der Waals surface area (Å²) >= 11 is 5.78. The second-order valence-corrected chi connectivity index (χ2v) is 8.18. The average Bonchev–Trinajstić information content (AvgIpc) is 2.60. The molecule has 0 spiro atoms. The van der Waals surface area contributed by atoms with Crippen LogP contribution in [-0.2, 0) is 26.9 Å². The van der Waals surface area contributed by atoms with Crippen LogP contribution in [0.25, 0.3) is 0 Å². The minimum atomic E-state index is -3.37. The number of carbonyl (C=O) groups excluding carboxylic acids is 1. The molecule has 2 aromatic rings. The Kier molecular flexibility index (Phi) is 6.84. The first-order chi connectivity index (χ1) is 11.9. The highest BCUT2D eigenvalue weighted by molar-refractivity contribution is 7.90. The van der Waals surface area contributed by atoms with Gasteiger partial charge in [-0.25, -0.2) is 8.42 Å². The molecule has 0 heterocycles. The summed E-state index contributed by atoms with van der Waals surface area (Å²) in [6, 6.07) is 14.0. The molecule has 2 aromatic carbocycles. The first kappa shape index (κ1) is 19.3. The Hall–Kier alpha value is -2.05. The van der Waals surface area contributed by atoms with Crippen LogP contribution < -0.4 is 10.1 Å².